The first kappa shape index (κ1) is 35.6. The van der Waals surface area contributed by atoms with E-state index < -0.39 is 32.1 Å². The molecule has 1 unspecified atom stereocenters. The van der Waals surface area contributed by atoms with Crippen LogP contribution < -0.4 is 39.4 Å². The summed E-state index contributed by atoms with van der Waals surface area (Å²) in [6.45, 7) is 2.29. The van der Waals surface area contributed by atoms with Crippen LogP contribution in [0.25, 0.3) is 10.8 Å². The van der Waals surface area contributed by atoms with Gasteiger partial charge in [-0.05, 0) is 46.5 Å². The molecule has 0 spiro atoms. The van der Waals surface area contributed by atoms with E-state index in [1.807, 2.05) is 79.7 Å². The number of piperazine rings is 1. The van der Waals surface area contributed by atoms with Crippen LogP contribution in [-0.4, -0.2) is 79.3 Å². The SMILES string of the molecule is C[C@H]1C2N(C(=O)CN(C)N2C(=O)NCc2ccccc2)[C@@H](Cc2ccc(OP(=O)(O)O)cc2)C(=O)N1Cc1cccc2ccccc12.[H-].[Na+]. The zero-order valence-electron chi connectivity index (χ0n) is 28.0. The summed E-state index contributed by atoms with van der Waals surface area (Å²) in [4.78, 5) is 63.8. The van der Waals surface area contributed by atoms with Crippen molar-refractivity contribution in [2.45, 2.75) is 44.7 Å². The van der Waals surface area contributed by atoms with Gasteiger partial charge in [-0.2, -0.15) is 0 Å². The Balaban J connectivity index is 0.00000270. The number of nitrogens with zero attached hydrogens (tertiary/aromatic N) is 4. The standard InChI is InChI=1S/C34H36N5O7P.Na.H/c1-23-32-38(31(40)22-36(2)39(32)34(42)35-20-25-9-4-3-5-10-25)30(19-24-15-17-28(18-16-24)46-47(43,44)45)33(41)37(23)21-27-13-8-12-26-11-6-7-14-29(26)27;;/h3-18,23,30,32H,19-22H2,1-2H3,(H,35,42)(H2,43,44,45);;/q;+1;-1/t23-,30-,32?;;/m0../s1. The molecule has 6 rings (SSSR count). The maximum atomic E-state index is 14.5. The number of hydrogen-bond acceptors (Lipinski definition) is 6. The Kier molecular flexibility index (Phi) is 11.0. The van der Waals surface area contributed by atoms with Crippen molar-refractivity contribution in [2.75, 3.05) is 13.6 Å². The van der Waals surface area contributed by atoms with Crippen LogP contribution in [0.3, 0.4) is 0 Å². The molecule has 0 aromatic heterocycles. The summed E-state index contributed by atoms with van der Waals surface area (Å²) in [7, 11) is -3.07. The number of likely N-dealkylation sites (N-methyl/N-ethyl adjacent to an activating group) is 1. The summed E-state index contributed by atoms with van der Waals surface area (Å²) in [6.07, 6.45) is -0.703. The molecule has 2 aliphatic rings. The number of hydrazine groups is 1. The van der Waals surface area contributed by atoms with Gasteiger partial charge in [0.05, 0.1) is 12.6 Å². The molecule has 4 aromatic carbocycles. The molecule has 12 nitrogen and oxygen atoms in total. The number of amides is 4. The molecule has 2 saturated heterocycles. The zero-order valence-corrected chi connectivity index (χ0v) is 29.9. The van der Waals surface area contributed by atoms with Crippen molar-refractivity contribution in [3.63, 3.8) is 0 Å². The van der Waals surface area contributed by atoms with Crippen LogP contribution >= 0.6 is 7.82 Å². The van der Waals surface area contributed by atoms with Gasteiger partial charge in [0.2, 0.25) is 11.8 Å². The third kappa shape index (κ3) is 7.61. The van der Waals surface area contributed by atoms with Crippen molar-refractivity contribution in [2.24, 2.45) is 0 Å². The van der Waals surface area contributed by atoms with E-state index in [4.69, 9.17) is 0 Å². The number of nitrogens with one attached hydrogen (secondary N) is 1. The monoisotopic (exact) mass is 681 g/mol. The van der Waals surface area contributed by atoms with Crippen molar-refractivity contribution in [3.05, 3.63) is 114 Å². The number of phosphoric ester groups is 1. The van der Waals surface area contributed by atoms with E-state index >= 15 is 0 Å². The zero-order chi connectivity index (χ0) is 33.3. The molecule has 2 aliphatic heterocycles. The molecule has 4 aromatic rings. The van der Waals surface area contributed by atoms with Gasteiger partial charge in [0.25, 0.3) is 0 Å². The number of carbonyl (C=O) groups is 3. The van der Waals surface area contributed by atoms with E-state index in [-0.39, 0.29) is 74.6 Å². The number of carbonyl (C=O) groups excluding carboxylic acids is 3. The molecule has 2 fully saturated rings. The Morgan fingerprint density at radius 1 is 0.938 bits per heavy atom. The van der Waals surface area contributed by atoms with Crippen LogP contribution in [0.4, 0.5) is 4.79 Å². The molecule has 2 heterocycles. The number of benzene rings is 4. The minimum atomic E-state index is -4.75. The molecule has 0 radical (unpaired) electrons. The predicted molar refractivity (Wildman–Crippen MR) is 175 cm³/mol. The molecule has 0 saturated carbocycles. The Morgan fingerprint density at radius 3 is 2.31 bits per heavy atom. The van der Waals surface area contributed by atoms with Gasteiger partial charge >= 0.3 is 43.4 Å². The van der Waals surface area contributed by atoms with Gasteiger partial charge in [-0.1, -0.05) is 84.9 Å². The third-order valence-corrected chi connectivity index (χ3v) is 9.12. The summed E-state index contributed by atoms with van der Waals surface area (Å²) in [5.41, 5.74) is 2.50. The maximum Gasteiger partial charge on any atom is 1.00 e. The van der Waals surface area contributed by atoms with Crippen LogP contribution in [0, 0.1) is 0 Å². The molecule has 0 aliphatic carbocycles. The molecular formula is C34H37N5NaO7P. The minimum Gasteiger partial charge on any atom is -1.00 e. The second kappa shape index (κ2) is 14.8. The van der Waals surface area contributed by atoms with Crippen LogP contribution in [0.15, 0.2) is 97.1 Å². The van der Waals surface area contributed by atoms with Crippen LogP contribution in [0.2, 0.25) is 0 Å². The van der Waals surface area contributed by atoms with E-state index in [9.17, 15) is 28.7 Å². The molecule has 4 amide bonds. The van der Waals surface area contributed by atoms with Gasteiger partial charge in [-0.15, -0.1) is 0 Å². The second-order valence-corrected chi connectivity index (χ2v) is 13.0. The molecular weight excluding hydrogens is 644 g/mol. The molecule has 3 atom stereocenters. The fourth-order valence-corrected chi connectivity index (χ4v) is 6.88. The number of hydrogen-bond donors (Lipinski definition) is 3. The van der Waals surface area contributed by atoms with E-state index in [1.165, 1.54) is 22.0 Å². The second-order valence-electron chi connectivity index (χ2n) is 11.8. The summed E-state index contributed by atoms with van der Waals surface area (Å²) < 4.78 is 16.0. The van der Waals surface area contributed by atoms with E-state index in [2.05, 4.69) is 9.84 Å². The maximum absolute atomic E-state index is 14.5. The Hall–Kier alpha value is -3.74. The van der Waals surface area contributed by atoms with Gasteiger partial charge in [0.1, 0.15) is 18.0 Å². The summed E-state index contributed by atoms with van der Waals surface area (Å²) in [6, 6.07) is 27.5. The average molecular weight is 682 g/mol. The number of phosphoric acid groups is 1. The minimum absolute atomic E-state index is 0. The summed E-state index contributed by atoms with van der Waals surface area (Å²) in [5.74, 6) is -0.584. The smallest absolute Gasteiger partial charge is 1.00 e. The quantitative estimate of drug-likeness (QED) is 0.185. The fraction of sp³-hybridized carbons (Fsp3) is 0.265. The summed E-state index contributed by atoms with van der Waals surface area (Å²) in [5, 5.41) is 8.15. The topological polar surface area (TPSA) is 143 Å². The Labute approximate surface area is 302 Å². The van der Waals surface area contributed by atoms with E-state index in [1.54, 1.807) is 29.1 Å². The van der Waals surface area contributed by atoms with Gasteiger partial charge in [-0.25, -0.2) is 19.4 Å². The van der Waals surface area contributed by atoms with Crippen molar-refractivity contribution in [1.82, 2.24) is 25.1 Å². The van der Waals surface area contributed by atoms with Gasteiger partial charge in [0, 0.05) is 26.6 Å². The van der Waals surface area contributed by atoms with Crippen LogP contribution in [0.5, 0.6) is 5.75 Å². The van der Waals surface area contributed by atoms with Crippen LogP contribution in [-0.2, 0) is 33.7 Å². The molecule has 0 bridgehead atoms. The number of urea groups is 1. The molecule has 48 heavy (non-hydrogen) atoms. The van der Waals surface area contributed by atoms with Crippen molar-refractivity contribution < 1.29 is 64.2 Å². The van der Waals surface area contributed by atoms with Crippen molar-refractivity contribution in [1.29, 1.82) is 0 Å². The first-order chi connectivity index (χ1) is 22.5. The van der Waals surface area contributed by atoms with Gasteiger partial charge < -0.3 is 21.1 Å². The molecule has 246 valence electrons. The average Bonchev–Trinajstić information content (AvgIpc) is 3.04. The van der Waals surface area contributed by atoms with E-state index in [0.717, 1.165) is 21.9 Å². The fourth-order valence-electron chi connectivity index (χ4n) is 6.49. The molecule has 3 N–H and O–H groups in total. The molecule has 14 heteroatoms. The van der Waals surface area contributed by atoms with Gasteiger partial charge in [-0.3, -0.25) is 19.4 Å². The van der Waals surface area contributed by atoms with E-state index in [0.29, 0.717) is 5.56 Å². The van der Waals surface area contributed by atoms with Crippen LogP contribution in [0.1, 0.15) is 25.0 Å². The van der Waals surface area contributed by atoms with Crippen molar-refractivity contribution in [3.8, 4) is 5.75 Å². The largest absolute Gasteiger partial charge is 1.00 e. The number of rotatable bonds is 8. The normalized spacial score (nSPS) is 19.9. The number of fused-ring (bicyclic) bond motifs is 2. The first-order valence-corrected chi connectivity index (χ1v) is 16.8. The van der Waals surface area contributed by atoms with Crippen molar-refractivity contribution >= 4 is 36.4 Å². The van der Waals surface area contributed by atoms with Gasteiger partial charge in [0.15, 0.2) is 0 Å². The Morgan fingerprint density at radius 2 is 1.60 bits per heavy atom. The summed E-state index contributed by atoms with van der Waals surface area (Å²) >= 11 is 0. The predicted octanol–water partition coefficient (Wildman–Crippen LogP) is 0.997. The Bertz CT molecular complexity index is 1840. The third-order valence-electron chi connectivity index (χ3n) is 8.67. The first-order valence-electron chi connectivity index (χ1n) is 15.2.